The molecule has 1 N–H and O–H groups in total. The number of carbonyl (C=O) groups is 2. The summed E-state index contributed by atoms with van der Waals surface area (Å²) in [6.45, 7) is 3.99. The summed E-state index contributed by atoms with van der Waals surface area (Å²) in [4.78, 5) is 22.5. The Bertz CT molecular complexity index is 476. The zero-order chi connectivity index (χ0) is 14.4. The highest BCUT2D eigenvalue weighted by Gasteiger charge is 2.17. The lowest BCUT2D eigenvalue weighted by Gasteiger charge is -2.17. The Kier molecular flexibility index (Phi) is 5.82. The number of methoxy groups -OCH3 is 1. The van der Waals surface area contributed by atoms with Gasteiger partial charge >= 0.3 is 0 Å². The van der Waals surface area contributed by atoms with Crippen LogP contribution in [0.25, 0.3) is 0 Å². The molecule has 0 aliphatic carbocycles. The van der Waals surface area contributed by atoms with E-state index < -0.39 is 6.10 Å². The molecule has 0 unspecified atom stereocenters. The monoisotopic (exact) mass is 329 g/mol. The molecule has 0 aliphatic rings. The molecule has 19 heavy (non-hydrogen) atoms. The number of amides is 1. The lowest BCUT2D eigenvalue weighted by Crippen LogP contribution is -2.36. The maximum absolute atomic E-state index is 11.6. The van der Waals surface area contributed by atoms with Crippen LogP contribution < -0.4 is 14.8 Å². The van der Waals surface area contributed by atoms with Crippen molar-refractivity contribution in [3.8, 4) is 11.5 Å². The van der Waals surface area contributed by atoms with Crippen molar-refractivity contribution in [1.29, 1.82) is 0 Å². The number of ether oxygens (including phenoxy) is 2. The molecule has 0 heterocycles. The van der Waals surface area contributed by atoms with Gasteiger partial charge in [-0.05, 0) is 41.9 Å². The van der Waals surface area contributed by atoms with Gasteiger partial charge in [0.05, 0.1) is 7.11 Å². The first-order valence-corrected chi connectivity index (χ1v) is 6.59. The second-order valence-corrected chi connectivity index (χ2v) is 4.65. The van der Waals surface area contributed by atoms with E-state index >= 15 is 0 Å². The molecular weight excluding hydrogens is 314 g/mol. The van der Waals surface area contributed by atoms with Crippen LogP contribution in [0.3, 0.4) is 0 Å². The average Bonchev–Trinajstić information content (AvgIpc) is 2.40. The van der Waals surface area contributed by atoms with E-state index in [4.69, 9.17) is 9.47 Å². The number of hydrogen-bond acceptors (Lipinski definition) is 4. The van der Waals surface area contributed by atoms with Crippen LogP contribution in [0.5, 0.6) is 11.5 Å². The Labute approximate surface area is 120 Å². The van der Waals surface area contributed by atoms with Gasteiger partial charge < -0.3 is 14.8 Å². The van der Waals surface area contributed by atoms with Crippen molar-refractivity contribution in [2.45, 2.75) is 20.0 Å². The molecule has 1 aromatic carbocycles. The van der Waals surface area contributed by atoms with Crippen LogP contribution >= 0.6 is 15.9 Å². The van der Waals surface area contributed by atoms with Crippen LogP contribution in [0.2, 0.25) is 0 Å². The SMILES string of the molecule is CCNC(=O)[C@@H](C)Oc1cc(C=O)c(Br)cc1OC. The van der Waals surface area contributed by atoms with Gasteiger partial charge in [0.25, 0.3) is 5.91 Å². The molecule has 0 saturated heterocycles. The number of halogens is 1. The Morgan fingerprint density at radius 2 is 2.16 bits per heavy atom. The van der Waals surface area contributed by atoms with E-state index in [0.717, 1.165) is 0 Å². The van der Waals surface area contributed by atoms with Crippen LogP contribution in [-0.4, -0.2) is 32.0 Å². The fourth-order valence-electron chi connectivity index (χ4n) is 1.45. The number of hydrogen-bond donors (Lipinski definition) is 1. The summed E-state index contributed by atoms with van der Waals surface area (Å²) in [5.74, 6) is 0.584. The van der Waals surface area contributed by atoms with Crippen molar-refractivity contribution < 1.29 is 19.1 Å². The topological polar surface area (TPSA) is 64.6 Å². The number of nitrogens with one attached hydrogen (secondary N) is 1. The third kappa shape index (κ3) is 3.96. The third-order valence-corrected chi connectivity index (χ3v) is 3.12. The number of likely N-dealkylation sites (N-methyl/N-ethyl adjacent to an activating group) is 1. The van der Waals surface area contributed by atoms with Crippen LogP contribution in [0.15, 0.2) is 16.6 Å². The summed E-state index contributed by atoms with van der Waals surface area (Å²) in [6, 6.07) is 3.16. The molecule has 1 atom stereocenters. The second kappa shape index (κ2) is 7.13. The molecular formula is C13H16BrNO4. The Balaban J connectivity index is 2.99. The van der Waals surface area contributed by atoms with E-state index in [-0.39, 0.29) is 5.91 Å². The molecule has 104 valence electrons. The standard InChI is InChI=1S/C13H16BrNO4/c1-4-15-13(17)8(2)19-12-5-9(7-16)10(14)6-11(12)18-3/h5-8H,4H2,1-3H3,(H,15,17)/t8-/m1/s1. The highest BCUT2D eigenvalue weighted by molar-refractivity contribution is 9.10. The summed E-state index contributed by atoms with van der Waals surface area (Å²) in [5, 5.41) is 2.66. The minimum atomic E-state index is -0.672. The molecule has 0 aliphatic heterocycles. The maximum Gasteiger partial charge on any atom is 0.260 e. The number of rotatable bonds is 6. The van der Waals surface area contributed by atoms with E-state index in [0.29, 0.717) is 34.4 Å². The lowest BCUT2D eigenvalue weighted by atomic mass is 10.2. The molecule has 0 radical (unpaired) electrons. The summed E-state index contributed by atoms with van der Waals surface area (Å²) in [5.41, 5.74) is 0.430. The molecule has 0 bridgehead atoms. The van der Waals surface area contributed by atoms with Gasteiger partial charge in [-0.2, -0.15) is 0 Å². The fourth-order valence-corrected chi connectivity index (χ4v) is 1.87. The predicted molar refractivity (Wildman–Crippen MR) is 74.9 cm³/mol. The van der Waals surface area contributed by atoms with Crippen molar-refractivity contribution in [3.63, 3.8) is 0 Å². The molecule has 0 spiro atoms. The molecule has 0 fully saturated rings. The van der Waals surface area contributed by atoms with Gasteiger partial charge in [-0.1, -0.05) is 0 Å². The summed E-state index contributed by atoms with van der Waals surface area (Å²) in [7, 11) is 1.49. The zero-order valence-corrected chi connectivity index (χ0v) is 12.6. The quantitative estimate of drug-likeness (QED) is 0.812. The Hall–Kier alpha value is -1.56. The molecule has 1 aromatic rings. The average molecular weight is 330 g/mol. The summed E-state index contributed by atoms with van der Waals surface area (Å²) >= 11 is 3.26. The van der Waals surface area contributed by atoms with Gasteiger partial charge in [0.15, 0.2) is 23.9 Å². The molecule has 0 saturated carbocycles. The molecule has 1 rings (SSSR count). The first-order chi connectivity index (χ1) is 9.03. The third-order valence-electron chi connectivity index (χ3n) is 2.43. The van der Waals surface area contributed by atoms with E-state index in [1.807, 2.05) is 6.92 Å². The van der Waals surface area contributed by atoms with Crippen LogP contribution in [0.1, 0.15) is 24.2 Å². The first-order valence-electron chi connectivity index (χ1n) is 5.80. The first kappa shape index (κ1) is 15.5. The Morgan fingerprint density at radius 3 is 2.68 bits per heavy atom. The maximum atomic E-state index is 11.6. The number of benzene rings is 1. The van der Waals surface area contributed by atoms with Gasteiger partial charge in [-0.15, -0.1) is 0 Å². The van der Waals surface area contributed by atoms with Gasteiger partial charge in [0.1, 0.15) is 0 Å². The van der Waals surface area contributed by atoms with Crippen molar-refractivity contribution in [1.82, 2.24) is 5.32 Å². The van der Waals surface area contributed by atoms with E-state index in [1.165, 1.54) is 13.2 Å². The fraction of sp³-hybridized carbons (Fsp3) is 0.385. The van der Waals surface area contributed by atoms with Gasteiger partial charge in [0.2, 0.25) is 0 Å². The largest absolute Gasteiger partial charge is 0.493 e. The normalized spacial score (nSPS) is 11.6. The summed E-state index contributed by atoms with van der Waals surface area (Å²) in [6.07, 6.45) is 0.0298. The van der Waals surface area contributed by atoms with Gasteiger partial charge in [-0.25, -0.2) is 0 Å². The van der Waals surface area contributed by atoms with Crippen LogP contribution in [-0.2, 0) is 4.79 Å². The number of carbonyl (C=O) groups excluding carboxylic acids is 2. The van der Waals surface area contributed by atoms with Gasteiger partial charge in [0, 0.05) is 16.6 Å². The minimum Gasteiger partial charge on any atom is -0.493 e. The zero-order valence-electron chi connectivity index (χ0n) is 11.0. The summed E-state index contributed by atoms with van der Waals surface area (Å²) < 4.78 is 11.3. The molecule has 6 heteroatoms. The van der Waals surface area contributed by atoms with Gasteiger partial charge in [-0.3, -0.25) is 9.59 Å². The highest BCUT2D eigenvalue weighted by Crippen LogP contribution is 2.33. The molecule has 1 amide bonds. The van der Waals surface area contributed by atoms with E-state index in [2.05, 4.69) is 21.2 Å². The highest BCUT2D eigenvalue weighted by atomic mass is 79.9. The van der Waals surface area contributed by atoms with Crippen molar-refractivity contribution in [3.05, 3.63) is 22.2 Å². The van der Waals surface area contributed by atoms with E-state index in [9.17, 15) is 9.59 Å². The predicted octanol–water partition coefficient (Wildman–Crippen LogP) is 2.17. The second-order valence-electron chi connectivity index (χ2n) is 3.80. The molecule has 0 aromatic heterocycles. The lowest BCUT2D eigenvalue weighted by molar-refractivity contribution is -0.127. The van der Waals surface area contributed by atoms with Crippen LogP contribution in [0, 0.1) is 0 Å². The number of aldehydes is 1. The molecule has 5 nitrogen and oxygen atoms in total. The minimum absolute atomic E-state index is 0.222. The van der Waals surface area contributed by atoms with Crippen molar-refractivity contribution in [2.24, 2.45) is 0 Å². The van der Waals surface area contributed by atoms with Crippen molar-refractivity contribution >= 4 is 28.1 Å². The smallest absolute Gasteiger partial charge is 0.260 e. The van der Waals surface area contributed by atoms with E-state index in [1.54, 1.807) is 13.0 Å². The Morgan fingerprint density at radius 1 is 1.47 bits per heavy atom. The van der Waals surface area contributed by atoms with Crippen molar-refractivity contribution in [2.75, 3.05) is 13.7 Å². The van der Waals surface area contributed by atoms with Crippen LogP contribution in [0.4, 0.5) is 0 Å².